The van der Waals surface area contributed by atoms with Gasteiger partial charge in [0, 0.05) is 24.8 Å². The molecule has 1 aromatic rings. The Morgan fingerprint density at radius 3 is 2.93 bits per heavy atom. The van der Waals surface area contributed by atoms with E-state index in [1.807, 2.05) is 0 Å². The molecule has 3 nitrogen and oxygen atoms in total. The average Bonchev–Trinajstić information content (AvgIpc) is 2.25. The highest BCUT2D eigenvalue weighted by Crippen LogP contribution is 2.17. The van der Waals surface area contributed by atoms with Crippen LogP contribution in [0.5, 0.6) is 5.75 Å². The van der Waals surface area contributed by atoms with Gasteiger partial charge >= 0.3 is 0 Å². The van der Waals surface area contributed by atoms with E-state index >= 15 is 0 Å². The number of methoxy groups -OCH3 is 1. The number of halogens is 1. The van der Waals surface area contributed by atoms with Crippen LogP contribution in [0.4, 0.5) is 4.39 Å². The van der Waals surface area contributed by atoms with Gasteiger partial charge in [0.25, 0.3) is 0 Å². The van der Waals surface area contributed by atoms with Gasteiger partial charge in [0.05, 0.1) is 6.07 Å². The lowest BCUT2D eigenvalue weighted by Gasteiger charge is -2.05. The summed E-state index contributed by atoms with van der Waals surface area (Å²) in [6.45, 7) is 0.0762. The molecule has 0 heterocycles. The first-order valence-corrected chi connectivity index (χ1v) is 4.25. The summed E-state index contributed by atoms with van der Waals surface area (Å²) in [4.78, 5) is 0. The number of allylic oxidation sites excluding steroid dienone is 1. The minimum absolute atomic E-state index is 0.0762. The zero-order valence-corrected chi connectivity index (χ0v) is 8.24. The predicted octanol–water partition coefficient (Wildman–Crippen LogP) is 2.35. The van der Waals surface area contributed by atoms with Crippen LogP contribution < -0.4 is 4.74 Å². The van der Waals surface area contributed by atoms with Crippen LogP contribution in [0.15, 0.2) is 24.3 Å². The Hall–Kier alpha value is -1.86. The van der Waals surface area contributed by atoms with Crippen molar-refractivity contribution in [2.24, 2.45) is 0 Å². The van der Waals surface area contributed by atoms with Gasteiger partial charge in [0.1, 0.15) is 11.6 Å². The first-order valence-electron chi connectivity index (χ1n) is 4.25. The average molecular weight is 207 g/mol. The van der Waals surface area contributed by atoms with E-state index in [9.17, 15) is 4.39 Å². The van der Waals surface area contributed by atoms with Gasteiger partial charge in [-0.3, -0.25) is 0 Å². The number of hydrogen-bond acceptors (Lipinski definition) is 3. The highest BCUT2D eigenvalue weighted by Gasteiger charge is 2.01. The Kier molecular flexibility index (Phi) is 4.32. The summed E-state index contributed by atoms with van der Waals surface area (Å²) in [5.74, 6) is -0.0430. The lowest BCUT2D eigenvalue weighted by atomic mass is 10.2. The van der Waals surface area contributed by atoms with E-state index in [2.05, 4.69) is 4.74 Å². The molecule has 0 aliphatic rings. The summed E-state index contributed by atoms with van der Waals surface area (Å²) in [5, 5.41) is 8.29. The van der Waals surface area contributed by atoms with Crippen molar-refractivity contribution in [3.05, 3.63) is 35.7 Å². The molecule has 0 aliphatic carbocycles. The number of hydrogen-bond donors (Lipinski definition) is 0. The van der Waals surface area contributed by atoms with E-state index in [-0.39, 0.29) is 6.79 Å². The van der Waals surface area contributed by atoms with Crippen LogP contribution in [0.3, 0.4) is 0 Å². The molecular weight excluding hydrogens is 197 g/mol. The second-order valence-electron chi connectivity index (χ2n) is 2.70. The summed E-state index contributed by atoms with van der Waals surface area (Å²) >= 11 is 0. The maximum Gasteiger partial charge on any atom is 0.188 e. The quantitative estimate of drug-likeness (QED) is 0.562. The van der Waals surface area contributed by atoms with Gasteiger partial charge in [-0.25, -0.2) is 4.39 Å². The maximum absolute atomic E-state index is 13.3. The molecule has 1 aromatic carbocycles. The van der Waals surface area contributed by atoms with Crippen LogP contribution in [0, 0.1) is 17.1 Å². The SMILES string of the molecule is COCOc1ccc(C=CC#N)c(F)c1. The third-order valence-electron chi connectivity index (χ3n) is 1.65. The molecule has 0 fully saturated rings. The summed E-state index contributed by atoms with van der Waals surface area (Å²) in [6.07, 6.45) is 2.61. The molecule has 0 atom stereocenters. The van der Waals surface area contributed by atoms with Crippen LogP contribution in [-0.4, -0.2) is 13.9 Å². The molecule has 0 saturated heterocycles. The normalized spacial score (nSPS) is 10.2. The zero-order chi connectivity index (χ0) is 11.1. The van der Waals surface area contributed by atoms with Crippen LogP contribution >= 0.6 is 0 Å². The smallest absolute Gasteiger partial charge is 0.188 e. The maximum atomic E-state index is 13.3. The topological polar surface area (TPSA) is 42.2 Å². The van der Waals surface area contributed by atoms with E-state index in [0.717, 1.165) is 0 Å². The van der Waals surface area contributed by atoms with Gasteiger partial charge in [-0.2, -0.15) is 5.26 Å². The van der Waals surface area contributed by atoms with Crippen molar-refractivity contribution in [1.29, 1.82) is 5.26 Å². The largest absolute Gasteiger partial charge is 0.467 e. The molecule has 0 saturated carbocycles. The molecule has 4 heteroatoms. The minimum Gasteiger partial charge on any atom is -0.467 e. The first kappa shape index (κ1) is 11.2. The summed E-state index contributed by atoms with van der Waals surface area (Å²) in [7, 11) is 1.49. The molecule has 0 aromatic heterocycles. The van der Waals surface area contributed by atoms with E-state index in [1.165, 1.54) is 31.4 Å². The van der Waals surface area contributed by atoms with Crippen molar-refractivity contribution in [1.82, 2.24) is 0 Å². The number of nitrogens with zero attached hydrogens (tertiary/aromatic N) is 1. The van der Waals surface area contributed by atoms with Crippen LogP contribution in [0.2, 0.25) is 0 Å². The molecule has 0 radical (unpaired) electrons. The number of ether oxygens (including phenoxy) is 2. The van der Waals surface area contributed by atoms with Crippen LogP contribution in [0.25, 0.3) is 6.08 Å². The van der Waals surface area contributed by atoms with Crippen LogP contribution in [-0.2, 0) is 4.74 Å². The molecule has 1 rings (SSSR count). The Morgan fingerprint density at radius 2 is 2.33 bits per heavy atom. The molecule has 0 aliphatic heterocycles. The molecule has 15 heavy (non-hydrogen) atoms. The predicted molar refractivity (Wildman–Crippen MR) is 53.6 cm³/mol. The molecule has 0 spiro atoms. The molecule has 0 N–H and O–H groups in total. The van der Waals surface area contributed by atoms with E-state index in [0.29, 0.717) is 11.3 Å². The van der Waals surface area contributed by atoms with E-state index in [4.69, 9.17) is 10.00 Å². The van der Waals surface area contributed by atoms with Gasteiger partial charge in [-0.05, 0) is 18.2 Å². The number of nitriles is 1. The summed E-state index contributed by atoms with van der Waals surface area (Å²) < 4.78 is 23.0. The fourth-order valence-electron chi connectivity index (χ4n) is 0.987. The second kappa shape index (κ2) is 5.78. The molecule has 0 bridgehead atoms. The van der Waals surface area contributed by atoms with Crippen molar-refractivity contribution >= 4 is 6.08 Å². The lowest BCUT2D eigenvalue weighted by molar-refractivity contribution is 0.0509. The molecule has 78 valence electrons. The van der Waals surface area contributed by atoms with Gasteiger partial charge in [0.15, 0.2) is 6.79 Å². The first-order chi connectivity index (χ1) is 7.27. The Balaban J connectivity index is 2.79. The number of rotatable bonds is 4. The second-order valence-corrected chi connectivity index (χ2v) is 2.70. The minimum atomic E-state index is -0.435. The van der Waals surface area contributed by atoms with Gasteiger partial charge in [0.2, 0.25) is 0 Å². The zero-order valence-electron chi connectivity index (χ0n) is 8.24. The van der Waals surface area contributed by atoms with Crippen molar-refractivity contribution < 1.29 is 13.9 Å². The Morgan fingerprint density at radius 1 is 1.53 bits per heavy atom. The Labute approximate surface area is 87.4 Å². The van der Waals surface area contributed by atoms with E-state index < -0.39 is 5.82 Å². The lowest BCUT2D eigenvalue weighted by Crippen LogP contribution is -1.99. The monoisotopic (exact) mass is 207 g/mol. The fourth-order valence-corrected chi connectivity index (χ4v) is 0.987. The van der Waals surface area contributed by atoms with Gasteiger partial charge in [-0.15, -0.1) is 0 Å². The highest BCUT2D eigenvalue weighted by molar-refractivity contribution is 5.53. The molecule has 0 unspecified atom stereocenters. The van der Waals surface area contributed by atoms with Crippen molar-refractivity contribution in [2.75, 3.05) is 13.9 Å². The number of benzene rings is 1. The molecular formula is C11H10FNO2. The fraction of sp³-hybridized carbons (Fsp3) is 0.182. The van der Waals surface area contributed by atoms with Crippen LogP contribution in [0.1, 0.15) is 5.56 Å². The van der Waals surface area contributed by atoms with Gasteiger partial charge in [-0.1, -0.05) is 0 Å². The highest BCUT2D eigenvalue weighted by atomic mass is 19.1. The third kappa shape index (κ3) is 3.41. The molecule has 0 amide bonds. The summed E-state index contributed by atoms with van der Waals surface area (Å²) in [6, 6.07) is 6.19. The Bertz CT molecular complexity index is 396. The van der Waals surface area contributed by atoms with Crippen molar-refractivity contribution in [3.8, 4) is 11.8 Å². The van der Waals surface area contributed by atoms with Crippen molar-refractivity contribution in [3.63, 3.8) is 0 Å². The summed E-state index contributed by atoms with van der Waals surface area (Å²) in [5.41, 5.74) is 0.348. The third-order valence-corrected chi connectivity index (χ3v) is 1.65. The standard InChI is InChI=1S/C11H10FNO2/c1-14-8-15-10-5-4-9(3-2-6-13)11(12)7-10/h2-5,7H,8H2,1H3. The van der Waals surface area contributed by atoms with E-state index in [1.54, 1.807) is 12.1 Å². The van der Waals surface area contributed by atoms with Gasteiger partial charge < -0.3 is 9.47 Å². The van der Waals surface area contributed by atoms with Crippen molar-refractivity contribution in [2.45, 2.75) is 0 Å².